The van der Waals surface area contributed by atoms with E-state index in [2.05, 4.69) is 10.3 Å². The van der Waals surface area contributed by atoms with Crippen LogP contribution in [-0.2, 0) is 28.3 Å². The van der Waals surface area contributed by atoms with E-state index in [4.69, 9.17) is 0 Å². The highest BCUT2D eigenvalue weighted by Crippen LogP contribution is 2.37. The van der Waals surface area contributed by atoms with Crippen molar-refractivity contribution in [1.82, 2.24) is 19.2 Å². The monoisotopic (exact) mass is 488 g/mol. The average molecular weight is 489 g/mol. The van der Waals surface area contributed by atoms with Crippen LogP contribution in [0.25, 0.3) is 11.0 Å². The van der Waals surface area contributed by atoms with Gasteiger partial charge >= 0.3 is 6.18 Å². The number of halogens is 3. The van der Waals surface area contributed by atoms with Crippen LogP contribution in [0.5, 0.6) is 0 Å². The topological polar surface area (TPSA) is 84.3 Å². The number of imidazole rings is 1. The molecular formula is C22H31F3N4O3S. The first kappa shape index (κ1) is 25.5. The van der Waals surface area contributed by atoms with Crippen LogP contribution in [0, 0.1) is 5.92 Å². The minimum Gasteiger partial charge on any atom is -0.353 e. The molecule has 1 fully saturated rings. The largest absolute Gasteiger partial charge is 0.393 e. The smallest absolute Gasteiger partial charge is 0.353 e. The molecule has 3 rings (SSSR count). The number of sulfonamides is 1. The Hall–Kier alpha value is -2.14. The summed E-state index contributed by atoms with van der Waals surface area (Å²) in [4.78, 5) is 17.0. The van der Waals surface area contributed by atoms with E-state index in [0.717, 1.165) is 0 Å². The number of hydrogen-bond donors (Lipinski definition) is 1. The fourth-order valence-corrected chi connectivity index (χ4v) is 6.00. The van der Waals surface area contributed by atoms with Crippen molar-refractivity contribution in [3.63, 3.8) is 0 Å². The van der Waals surface area contributed by atoms with Crippen LogP contribution in [-0.4, -0.2) is 53.5 Å². The molecule has 0 aliphatic heterocycles. The number of alkyl halides is 3. The van der Waals surface area contributed by atoms with Crippen molar-refractivity contribution in [2.24, 2.45) is 13.0 Å². The van der Waals surface area contributed by atoms with E-state index in [1.165, 1.54) is 16.4 Å². The summed E-state index contributed by atoms with van der Waals surface area (Å²) in [5.41, 5.74) is 1.21. The molecular weight excluding hydrogens is 457 g/mol. The highest BCUT2D eigenvalue weighted by Gasteiger charge is 2.45. The van der Waals surface area contributed by atoms with Gasteiger partial charge in [0.2, 0.25) is 15.9 Å². The Morgan fingerprint density at radius 2 is 1.88 bits per heavy atom. The molecule has 2 atom stereocenters. The molecule has 1 N–H and O–H groups in total. The minimum absolute atomic E-state index is 0.00282. The van der Waals surface area contributed by atoms with Crippen molar-refractivity contribution >= 4 is 27.0 Å². The predicted molar refractivity (Wildman–Crippen MR) is 119 cm³/mol. The van der Waals surface area contributed by atoms with Crippen molar-refractivity contribution < 1.29 is 26.4 Å². The number of aromatic nitrogens is 2. The van der Waals surface area contributed by atoms with Crippen molar-refractivity contribution in [2.45, 2.75) is 69.5 Å². The standard InChI is InChI=1S/C22H31F3N4O3S/c1-4-29(5-2)33(31,32)15-10-11-19-18(14-15)26-20(28(19)3)12-13-21(30)27-17-9-7-6-8-16(17)22(23,24)25/h10-11,14,16-17H,4-9,12-13H2,1-3H3,(H,27,30). The average Bonchev–Trinajstić information content (AvgIpc) is 3.07. The Labute approximate surface area is 192 Å². The third kappa shape index (κ3) is 5.51. The summed E-state index contributed by atoms with van der Waals surface area (Å²) in [5.74, 6) is -1.38. The second kappa shape index (κ2) is 10.0. The zero-order valence-corrected chi connectivity index (χ0v) is 20.0. The summed E-state index contributed by atoms with van der Waals surface area (Å²) in [6, 6.07) is 3.84. The molecule has 2 unspecified atom stereocenters. The number of amides is 1. The van der Waals surface area contributed by atoms with Crippen LogP contribution in [0.4, 0.5) is 13.2 Å². The Morgan fingerprint density at radius 1 is 1.21 bits per heavy atom. The molecule has 0 saturated heterocycles. The summed E-state index contributed by atoms with van der Waals surface area (Å²) >= 11 is 0. The minimum atomic E-state index is -4.32. The molecule has 7 nitrogen and oxygen atoms in total. The number of hydrogen-bond acceptors (Lipinski definition) is 4. The Morgan fingerprint density at radius 3 is 2.52 bits per heavy atom. The van der Waals surface area contributed by atoms with Gasteiger partial charge in [0.1, 0.15) is 5.82 Å². The van der Waals surface area contributed by atoms with Crippen molar-refractivity contribution in [2.75, 3.05) is 13.1 Å². The fraction of sp³-hybridized carbons (Fsp3) is 0.636. The van der Waals surface area contributed by atoms with Gasteiger partial charge in [-0.05, 0) is 31.0 Å². The van der Waals surface area contributed by atoms with Gasteiger partial charge in [0, 0.05) is 39.0 Å². The lowest BCUT2D eigenvalue weighted by Crippen LogP contribution is -2.47. The molecule has 1 aromatic heterocycles. The number of carbonyl (C=O) groups is 1. The van der Waals surface area contributed by atoms with Crippen molar-refractivity contribution in [1.29, 1.82) is 0 Å². The first-order chi connectivity index (χ1) is 15.5. The Bertz CT molecular complexity index is 1090. The summed E-state index contributed by atoms with van der Waals surface area (Å²) < 4.78 is 68.5. The zero-order chi connectivity index (χ0) is 24.4. The molecule has 11 heteroatoms. The number of carbonyl (C=O) groups excluding carboxylic acids is 1. The number of nitrogens with one attached hydrogen (secondary N) is 1. The van der Waals surface area contributed by atoms with Crippen LogP contribution in [0.2, 0.25) is 0 Å². The lowest BCUT2D eigenvalue weighted by atomic mass is 9.84. The van der Waals surface area contributed by atoms with Gasteiger partial charge in [0.05, 0.1) is 21.8 Å². The van der Waals surface area contributed by atoms with Crippen LogP contribution in [0.3, 0.4) is 0 Å². The van der Waals surface area contributed by atoms with Crippen LogP contribution in [0.15, 0.2) is 23.1 Å². The summed E-state index contributed by atoms with van der Waals surface area (Å²) in [6.07, 6.45) is -2.53. The number of rotatable bonds is 8. The Balaban J connectivity index is 1.72. The number of benzene rings is 1. The van der Waals surface area contributed by atoms with E-state index in [0.29, 0.717) is 49.2 Å². The molecule has 1 saturated carbocycles. The van der Waals surface area contributed by atoms with E-state index < -0.39 is 34.1 Å². The van der Waals surface area contributed by atoms with E-state index in [1.807, 2.05) is 0 Å². The molecule has 1 amide bonds. The van der Waals surface area contributed by atoms with E-state index in [-0.39, 0.29) is 24.2 Å². The van der Waals surface area contributed by atoms with Gasteiger partial charge in [-0.25, -0.2) is 13.4 Å². The molecule has 184 valence electrons. The van der Waals surface area contributed by atoms with Gasteiger partial charge in [-0.15, -0.1) is 0 Å². The summed E-state index contributed by atoms with van der Waals surface area (Å²) in [7, 11) is -1.86. The normalized spacial score (nSPS) is 19.8. The lowest BCUT2D eigenvalue weighted by Gasteiger charge is -2.33. The maximum atomic E-state index is 13.3. The number of aryl methyl sites for hydroxylation is 2. The van der Waals surface area contributed by atoms with Gasteiger partial charge < -0.3 is 9.88 Å². The van der Waals surface area contributed by atoms with Gasteiger partial charge in [-0.2, -0.15) is 17.5 Å². The molecule has 0 spiro atoms. The molecule has 1 aromatic carbocycles. The van der Waals surface area contributed by atoms with E-state index in [1.54, 1.807) is 31.5 Å². The van der Waals surface area contributed by atoms with Gasteiger partial charge in [0.15, 0.2) is 0 Å². The fourth-order valence-electron chi connectivity index (χ4n) is 4.53. The first-order valence-electron chi connectivity index (χ1n) is 11.3. The Kier molecular flexibility index (Phi) is 7.73. The lowest BCUT2D eigenvalue weighted by molar-refractivity contribution is -0.189. The summed E-state index contributed by atoms with van der Waals surface area (Å²) in [5, 5.41) is 2.57. The van der Waals surface area contributed by atoms with E-state index in [9.17, 15) is 26.4 Å². The van der Waals surface area contributed by atoms with Crippen LogP contribution in [0.1, 0.15) is 51.8 Å². The zero-order valence-electron chi connectivity index (χ0n) is 19.2. The third-order valence-corrected chi connectivity index (χ3v) is 8.44. The SMILES string of the molecule is CCN(CC)S(=O)(=O)c1ccc2c(c1)nc(CCC(=O)NC1CCCCC1C(F)(F)F)n2C. The quantitative estimate of drug-likeness (QED) is 0.613. The molecule has 0 bridgehead atoms. The van der Waals surface area contributed by atoms with Gasteiger partial charge in [-0.3, -0.25) is 4.79 Å². The highest BCUT2D eigenvalue weighted by molar-refractivity contribution is 7.89. The van der Waals surface area contributed by atoms with Crippen LogP contribution < -0.4 is 5.32 Å². The molecule has 33 heavy (non-hydrogen) atoms. The van der Waals surface area contributed by atoms with Gasteiger partial charge in [0.25, 0.3) is 0 Å². The third-order valence-electron chi connectivity index (χ3n) is 6.40. The number of fused-ring (bicyclic) bond motifs is 1. The summed E-state index contributed by atoms with van der Waals surface area (Å²) in [6.45, 7) is 4.26. The molecule has 2 aromatic rings. The molecule has 1 aliphatic carbocycles. The molecule has 0 radical (unpaired) electrons. The maximum Gasteiger partial charge on any atom is 0.393 e. The molecule has 1 heterocycles. The first-order valence-corrected chi connectivity index (χ1v) is 12.7. The van der Waals surface area contributed by atoms with E-state index >= 15 is 0 Å². The second-order valence-electron chi connectivity index (χ2n) is 8.43. The van der Waals surface area contributed by atoms with Gasteiger partial charge in [-0.1, -0.05) is 26.7 Å². The van der Waals surface area contributed by atoms with Crippen molar-refractivity contribution in [3.8, 4) is 0 Å². The molecule has 1 aliphatic rings. The predicted octanol–water partition coefficient (Wildman–Crippen LogP) is 3.77. The highest BCUT2D eigenvalue weighted by atomic mass is 32.2. The second-order valence-corrected chi connectivity index (χ2v) is 10.4. The van der Waals surface area contributed by atoms with Crippen molar-refractivity contribution in [3.05, 3.63) is 24.0 Å². The van der Waals surface area contributed by atoms with Crippen LogP contribution >= 0.6 is 0 Å². The number of nitrogens with zero attached hydrogens (tertiary/aromatic N) is 3. The maximum absolute atomic E-state index is 13.3.